The molecule has 0 atom stereocenters. The van der Waals surface area contributed by atoms with Gasteiger partial charge in [-0.25, -0.2) is 0 Å². The van der Waals surface area contributed by atoms with Crippen LogP contribution in [0.15, 0.2) is 24.7 Å². The minimum absolute atomic E-state index is 0.833. The maximum absolute atomic E-state index is 9.00. The van der Waals surface area contributed by atoms with Crippen molar-refractivity contribution >= 4 is 5.97 Å². The topological polar surface area (TPSA) is 55.8 Å². The molecule has 0 amide bonds. The van der Waals surface area contributed by atoms with Crippen LogP contribution in [0.2, 0.25) is 0 Å². The van der Waals surface area contributed by atoms with Crippen LogP contribution in [0.25, 0.3) is 0 Å². The van der Waals surface area contributed by atoms with Gasteiger partial charge in [-0.2, -0.15) is 0 Å². The molecule has 0 unspecified atom stereocenters. The minimum atomic E-state index is -0.833. The van der Waals surface area contributed by atoms with E-state index in [1.807, 2.05) is 0 Å². The van der Waals surface area contributed by atoms with Crippen molar-refractivity contribution in [2.24, 2.45) is 0 Å². The predicted octanol–water partition coefficient (Wildman–Crippen LogP) is 1.07. The van der Waals surface area contributed by atoms with Gasteiger partial charge in [-0.15, -0.1) is 0 Å². The van der Waals surface area contributed by atoms with Crippen molar-refractivity contribution in [2.45, 2.75) is 6.92 Å². The molecule has 0 saturated carbocycles. The van der Waals surface area contributed by atoms with E-state index in [-0.39, 0.29) is 0 Å². The number of carbonyl (C=O) groups is 1. The highest BCUT2D eigenvalue weighted by Crippen LogP contribution is 1.89. The molecule has 0 bridgehead atoms. The molecule has 1 aliphatic heterocycles. The first kappa shape index (κ1) is 8.55. The maximum Gasteiger partial charge on any atom is 0.300 e. The van der Waals surface area contributed by atoms with Gasteiger partial charge in [0.25, 0.3) is 5.97 Å². The fourth-order valence-corrected chi connectivity index (χ4v) is 0.219. The summed E-state index contributed by atoms with van der Waals surface area (Å²) >= 11 is 0. The number of hydrogen-bond donors (Lipinski definition) is 1. The molecular formula is C6H8O4. The second-order valence-electron chi connectivity index (χ2n) is 1.37. The largest absolute Gasteiger partial charge is 0.481 e. The number of hydrogen-bond acceptors (Lipinski definition) is 3. The molecule has 10 heavy (non-hydrogen) atoms. The van der Waals surface area contributed by atoms with E-state index in [0.29, 0.717) is 0 Å². The highest BCUT2D eigenvalue weighted by Gasteiger charge is 1.75. The molecule has 0 aromatic carbocycles. The lowest BCUT2D eigenvalue weighted by atomic mass is 10.6. The van der Waals surface area contributed by atoms with Crippen molar-refractivity contribution in [3.05, 3.63) is 24.7 Å². The number of carboxylic acid groups (broad SMARTS) is 1. The van der Waals surface area contributed by atoms with Gasteiger partial charge in [-0.3, -0.25) is 14.6 Å². The Balaban J connectivity index is 0.000000180. The molecule has 0 aliphatic carbocycles. The Morgan fingerprint density at radius 3 is 1.70 bits per heavy atom. The Morgan fingerprint density at radius 1 is 1.30 bits per heavy atom. The number of aliphatic carboxylic acids is 1. The van der Waals surface area contributed by atoms with E-state index < -0.39 is 5.97 Å². The molecule has 0 aromatic heterocycles. The van der Waals surface area contributed by atoms with E-state index in [9.17, 15) is 0 Å². The number of rotatable bonds is 0. The van der Waals surface area contributed by atoms with Crippen LogP contribution in [0.3, 0.4) is 0 Å². The third-order valence-electron chi connectivity index (χ3n) is 0.435. The van der Waals surface area contributed by atoms with Gasteiger partial charge in [0.05, 0.1) is 0 Å². The Bertz CT molecular complexity index is 132. The van der Waals surface area contributed by atoms with Gasteiger partial charge in [0, 0.05) is 6.92 Å². The summed E-state index contributed by atoms with van der Waals surface area (Å²) in [6, 6.07) is 0. The molecule has 56 valence electrons. The van der Waals surface area contributed by atoms with Gasteiger partial charge >= 0.3 is 0 Å². The summed E-state index contributed by atoms with van der Waals surface area (Å²) in [5.41, 5.74) is 0. The second kappa shape index (κ2) is 5.68. The Kier molecular flexibility index (Phi) is 4.86. The Labute approximate surface area is 58.3 Å². The van der Waals surface area contributed by atoms with E-state index >= 15 is 0 Å². The summed E-state index contributed by atoms with van der Waals surface area (Å²) in [5.74, 6) is -0.833. The predicted molar refractivity (Wildman–Crippen MR) is 33.8 cm³/mol. The van der Waals surface area contributed by atoms with Gasteiger partial charge in [-0.05, 0) is 12.2 Å². The average Bonchev–Trinajstić information content (AvgIpc) is 1.90. The van der Waals surface area contributed by atoms with Crippen LogP contribution in [-0.2, 0) is 14.6 Å². The van der Waals surface area contributed by atoms with Crippen molar-refractivity contribution < 1.29 is 19.7 Å². The summed E-state index contributed by atoms with van der Waals surface area (Å²) in [7, 11) is 0. The molecule has 4 heteroatoms. The van der Waals surface area contributed by atoms with E-state index in [2.05, 4.69) is 9.78 Å². The first-order valence-corrected chi connectivity index (χ1v) is 2.57. The highest BCUT2D eigenvalue weighted by molar-refractivity contribution is 5.62. The summed E-state index contributed by atoms with van der Waals surface area (Å²) in [6.07, 6.45) is 6.40. The van der Waals surface area contributed by atoms with Crippen LogP contribution >= 0.6 is 0 Å². The third-order valence-corrected chi connectivity index (χ3v) is 0.435. The Hall–Kier alpha value is -1.45. The van der Waals surface area contributed by atoms with Gasteiger partial charge in [0.2, 0.25) is 0 Å². The zero-order valence-corrected chi connectivity index (χ0v) is 5.48. The fraction of sp³-hybridized carbons (Fsp3) is 0.167. The van der Waals surface area contributed by atoms with Gasteiger partial charge < -0.3 is 5.11 Å². The van der Waals surface area contributed by atoms with Crippen LogP contribution in [0, 0.1) is 0 Å². The van der Waals surface area contributed by atoms with E-state index in [1.165, 1.54) is 12.5 Å². The molecule has 4 nitrogen and oxygen atoms in total. The van der Waals surface area contributed by atoms with Gasteiger partial charge in [0.15, 0.2) is 0 Å². The van der Waals surface area contributed by atoms with Gasteiger partial charge in [0.1, 0.15) is 12.5 Å². The molecule has 0 spiro atoms. The minimum Gasteiger partial charge on any atom is -0.481 e. The smallest absolute Gasteiger partial charge is 0.300 e. The van der Waals surface area contributed by atoms with E-state index in [4.69, 9.17) is 9.90 Å². The number of allylic oxidation sites excluding steroid dienone is 2. The zero-order valence-electron chi connectivity index (χ0n) is 5.48. The summed E-state index contributed by atoms with van der Waals surface area (Å²) in [5, 5.41) is 7.42. The quantitative estimate of drug-likeness (QED) is 0.516. The summed E-state index contributed by atoms with van der Waals surface area (Å²) in [4.78, 5) is 17.6. The van der Waals surface area contributed by atoms with Gasteiger partial charge in [-0.1, -0.05) is 0 Å². The zero-order chi connectivity index (χ0) is 7.82. The van der Waals surface area contributed by atoms with Crippen LogP contribution in [-0.4, -0.2) is 11.1 Å². The lowest BCUT2D eigenvalue weighted by Crippen LogP contribution is -1.78. The summed E-state index contributed by atoms with van der Waals surface area (Å²) in [6.45, 7) is 1.08. The van der Waals surface area contributed by atoms with Crippen molar-refractivity contribution in [1.29, 1.82) is 0 Å². The molecule has 0 saturated heterocycles. The van der Waals surface area contributed by atoms with Crippen LogP contribution in [0.4, 0.5) is 0 Å². The highest BCUT2D eigenvalue weighted by atomic mass is 17.2. The molecular weight excluding hydrogens is 136 g/mol. The Morgan fingerprint density at radius 2 is 1.60 bits per heavy atom. The lowest BCUT2D eigenvalue weighted by Gasteiger charge is -1.94. The van der Waals surface area contributed by atoms with Crippen LogP contribution < -0.4 is 0 Å². The second-order valence-corrected chi connectivity index (χ2v) is 1.37. The molecule has 1 aliphatic rings. The van der Waals surface area contributed by atoms with Crippen molar-refractivity contribution in [3.8, 4) is 0 Å². The number of carboxylic acids is 1. The molecule has 1 heterocycles. The molecule has 0 aromatic rings. The SMILES string of the molecule is C1=COOC=C1.CC(=O)O. The molecule has 1 rings (SSSR count). The van der Waals surface area contributed by atoms with Crippen molar-refractivity contribution in [1.82, 2.24) is 0 Å². The first-order chi connectivity index (χ1) is 4.73. The maximum atomic E-state index is 9.00. The lowest BCUT2D eigenvalue weighted by molar-refractivity contribution is -0.198. The fourth-order valence-electron chi connectivity index (χ4n) is 0.219. The molecule has 1 N–H and O–H groups in total. The van der Waals surface area contributed by atoms with Crippen molar-refractivity contribution in [3.63, 3.8) is 0 Å². The van der Waals surface area contributed by atoms with E-state index in [1.54, 1.807) is 12.2 Å². The first-order valence-electron chi connectivity index (χ1n) is 2.57. The standard InChI is InChI=1S/C4H4O2.C2H4O2/c1-2-4-6-5-3-1;1-2(3)4/h1-4H;1H3,(H,3,4). The van der Waals surface area contributed by atoms with E-state index in [0.717, 1.165) is 6.92 Å². The van der Waals surface area contributed by atoms with Crippen LogP contribution in [0.1, 0.15) is 6.92 Å². The molecule has 0 radical (unpaired) electrons. The average molecular weight is 144 g/mol. The normalized spacial score (nSPS) is 12.1. The third kappa shape index (κ3) is 9.75. The molecule has 0 fully saturated rings. The van der Waals surface area contributed by atoms with Crippen molar-refractivity contribution in [2.75, 3.05) is 0 Å². The monoisotopic (exact) mass is 144 g/mol. The van der Waals surface area contributed by atoms with Crippen LogP contribution in [0.5, 0.6) is 0 Å². The summed E-state index contributed by atoms with van der Waals surface area (Å²) < 4.78 is 0.